The molecule has 3 amide bonds. The summed E-state index contributed by atoms with van der Waals surface area (Å²) in [6.45, 7) is 2.43. The molecule has 104 valence electrons. The van der Waals surface area contributed by atoms with Gasteiger partial charge in [0, 0.05) is 30.1 Å². The van der Waals surface area contributed by atoms with Crippen LogP contribution in [0.1, 0.15) is 18.9 Å². The van der Waals surface area contributed by atoms with E-state index in [1.165, 1.54) is 4.90 Å². The maximum Gasteiger partial charge on any atom is 0.324 e. The first-order valence-electron chi connectivity index (χ1n) is 6.87. The summed E-state index contributed by atoms with van der Waals surface area (Å²) in [6.07, 6.45) is 3.21. The van der Waals surface area contributed by atoms with Gasteiger partial charge in [-0.2, -0.15) is 0 Å². The maximum absolute atomic E-state index is 12.2. The van der Waals surface area contributed by atoms with Crippen molar-refractivity contribution in [3.8, 4) is 0 Å². The van der Waals surface area contributed by atoms with Gasteiger partial charge in [0.05, 0.1) is 0 Å². The highest BCUT2D eigenvalue weighted by Crippen LogP contribution is 2.21. The second-order valence-electron chi connectivity index (χ2n) is 5.06. The molecule has 5 heteroatoms. The molecule has 3 rings (SSSR count). The van der Waals surface area contributed by atoms with Crippen LogP contribution in [0.2, 0.25) is 0 Å². The van der Waals surface area contributed by atoms with E-state index in [0.717, 1.165) is 22.9 Å². The van der Waals surface area contributed by atoms with Crippen molar-refractivity contribution in [1.82, 2.24) is 15.2 Å². The lowest BCUT2D eigenvalue weighted by molar-refractivity contribution is -0.127. The Hall–Kier alpha value is -2.30. The van der Waals surface area contributed by atoms with Crippen molar-refractivity contribution in [3.05, 3.63) is 36.0 Å². The van der Waals surface area contributed by atoms with Gasteiger partial charge in [-0.15, -0.1) is 0 Å². The zero-order valence-electron chi connectivity index (χ0n) is 11.3. The average molecular weight is 271 g/mol. The van der Waals surface area contributed by atoms with Crippen LogP contribution in [0.3, 0.4) is 0 Å². The lowest BCUT2D eigenvalue weighted by Crippen LogP contribution is -2.32. The molecule has 1 aromatic carbocycles. The summed E-state index contributed by atoms with van der Waals surface area (Å²) in [6, 6.07) is 7.23. The van der Waals surface area contributed by atoms with Gasteiger partial charge in [0.15, 0.2) is 0 Å². The van der Waals surface area contributed by atoms with Crippen LogP contribution in [0, 0.1) is 0 Å². The van der Waals surface area contributed by atoms with E-state index < -0.39 is 6.04 Å². The summed E-state index contributed by atoms with van der Waals surface area (Å²) in [7, 11) is 0. The molecule has 0 saturated carbocycles. The molecule has 2 aromatic rings. The third-order valence-electron chi connectivity index (χ3n) is 3.65. The fourth-order valence-corrected chi connectivity index (χ4v) is 2.67. The number of benzene rings is 1. The van der Waals surface area contributed by atoms with Crippen molar-refractivity contribution in [3.63, 3.8) is 0 Å². The number of amides is 3. The third-order valence-corrected chi connectivity index (χ3v) is 3.65. The monoisotopic (exact) mass is 271 g/mol. The van der Waals surface area contributed by atoms with Crippen molar-refractivity contribution in [2.45, 2.75) is 25.8 Å². The number of hydrogen-bond acceptors (Lipinski definition) is 2. The summed E-state index contributed by atoms with van der Waals surface area (Å²) in [5, 5.41) is 3.87. The molecular formula is C15H17N3O2. The highest BCUT2D eigenvalue weighted by atomic mass is 16.2. The van der Waals surface area contributed by atoms with Gasteiger partial charge in [-0.05, 0) is 18.1 Å². The Morgan fingerprint density at radius 3 is 2.85 bits per heavy atom. The molecule has 1 fully saturated rings. The van der Waals surface area contributed by atoms with Gasteiger partial charge in [0.25, 0.3) is 5.91 Å². The number of nitrogens with one attached hydrogen (secondary N) is 2. The fraction of sp³-hybridized carbons (Fsp3) is 0.333. The minimum Gasteiger partial charge on any atom is -0.361 e. The Balaban J connectivity index is 1.82. The zero-order chi connectivity index (χ0) is 14.1. The van der Waals surface area contributed by atoms with Gasteiger partial charge in [-0.1, -0.05) is 25.1 Å². The highest BCUT2D eigenvalue weighted by molar-refractivity contribution is 6.04. The average Bonchev–Trinajstić information content (AvgIpc) is 2.97. The SMILES string of the molecule is CCCN1C(=O)NC(Cc2c[nH]c3ccccc23)C1=O. The van der Waals surface area contributed by atoms with Crippen molar-refractivity contribution in [2.24, 2.45) is 0 Å². The van der Waals surface area contributed by atoms with Crippen LogP contribution in [0.25, 0.3) is 10.9 Å². The molecule has 0 spiro atoms. The number of imide groups is 1. The van der Waals surface area contributed by atoms with E-state index in [1.807, 2.05) is 37.4 Å². The van der Waals surface area contributed by atoms with Crippen molar-refractivity contribution < 1.29 is 9.59 Å². The molecule has 1 unspecified atom stereocenters. The Kier molecular flexibility index (Phi) is 3.18. The number of H-pyrrole nitrogens is 1. The molecule has 0 radical (unpaired) electrons. The molecule has 20 heavy (non-hydrogen) atoms. The summed E-state index contributed by atoms with van der Waals surface area (Å²) in [5.41, 5.74) is 2.10. The van der Waals surface area contributed by atoms with Gasteiger partial charge in [0.1, 0.15) is 6.04 Å². The molecule has 5 nitrogen and oxygen atoms in total. The summed E-state index contributed by atoms with van der Waals surface area (Å²) >= 11 is 0. The van der Waals surface area contributed by atoms with Gasteiger partial charge >= 0.3 is 6.03 Å². The molecular weight excluding hydrogens is 254 g/mol. The molecule has 1 aromatic heterocycles. The van der Waals surface area contributed by atoms with Crippen molar-refractivity contribution in [1.29, 1.82) is 0 Å². The molecule has 1 atom stereocenters. The van der Waals surface area contributed by atoms with E-state index in [4.69, 9.17) is 0 Å². The Bertz CT molecular complexity index is 662. The second-order valence-corrected chi connectivity index (χ2v) is 5.06. The Morgan fingerprint density at radius 2 is 2.05 bits per heavy atom. The second kappa shape index (κ2) is 5.00. The van der Waals surface area contributed by atoms with Gasteiger partial charge in [-0.25, -0.2) is 4.79 Å². The molecule has 1 aliphatic heterocycles. The standard InChI is InChI=1S/C15H17N3O2/c1-2-7-18-14(19)13(17-15(18)20)8-10-9-16-12-6-4-3-5-11(10)12/h3-6,9,13,16H,2,7-8H2,1H3,(H,17,20). The summed E-state index contributed by atoms with van der Waals surface area (Å²) in [5.74, 6) is -0.123. The minimum absolute atomic E-state index is 0.123. The Labute approximate surface area is 117 Å². The smallest absolute Gasteiger partial charge is 0.324 e. The predicted molar refractivity (Wildman–Crippen MR) is 76.3 cm³/mol. The highest BCUT2D eigenvalue weighted by Gasteiger charge is 2.37. The number of para-hydroxylation sites is 1. The minimum atomic E-state index is -0.451. The van der Waals surface area contributed by atoms with Crippen LogP contribution in [0.4, 0.5) is 4.79 Å². The number of aromatic nitrogens is 1. The van der Waals surface area contributed by atoms with E-state index in [2.05, 4.69) is 10.3 Å². The van der Waals surface area contributed by atoms with E-state index in [1.54, 1.807) is 0 Å². The summed E-state index contributed by atoms with van der Waals surface area (Å²) in [4.78, 5) is 28.5. The molecule has 2 heterocycles. The number of hydrogen-bond donors (Lipinski definition) is 2. The van der Waals surface area contributed by atoms with E-state index in [0.29, 0.717) is 13.0 Å². The predicted octanol–water partition coefficient (Wildman–Crippen LogP) is 2.04. The van der Waals surface area contributed by atoms with Crippen LogP contribution < -0.4 is 5.32 Å². The van der Waals surface area contributed by atoms with Crippen LogP contribution in [0.5, 0.6) is 0 Å². The maximum atomic E-state index is 12.2. The number of carbonyl (C=O) groups excluding carboxylic acids is 2. The fourth-order valence-electron chi connectivity index (χ4n) is 2.67. The number of rotatable bonds is 4. The van der Waals surface area contributed by atoms with E-state index >= 15 is 0 Å². The van der Waals surface area contributed by atoms with Crippen LogP contribution in [-0.2, 0) is 11.2 Å². The van der Waals surface area contributed by atoms with E-state index in [9.17, 15) is 9.59 Å². The first-order valence-corrected chi connectivity index (χ1v) is 6.87. The van der Waals surface area contributed by atoms with Gasteiger partial charge in [0.2, 0.25) is 0 Å². The lowest BCUT2D eigenvalue weighted by atomic mass is 10.1. The molecule has 1 aliphatic rings. The van der Waals surface area contributed by atoms with Crippen molar-refractivity contribution in [2.75, 3.05) is 6.54 Å². The first kappa shape index (κ1) is 12.7. The lowest BCUT2D eigenvalue weighted by Gasteiger charge is -2.11. The van der Waals surface area contributed by atoms with Crippen LogP contribution in [-0.4, -0.2) is 34.4 Å². The zero-order valence-corrected chi connectivity index (χ0v) is 11.3. The Morgan fingerprint density at radius 1 is 1.25 bits per heavy atom. The third kappa shape index (κ3) is 2.05. The number of urea groups is 1. The van der Waals surface area contributed by atoms with Crippen LogP contribution >= 0.6 is 0 Å². The summed E-state index contributed by atoms with van der Waals surface area (Å²) < 4.78 is 0. The van der Waals surface area contributed by atoms with E-state index in [-0.39, 0.29) is 11.9 Å². The largest absolute Gasteiger partial charge is 0.361 e. The van der Waals surface area contributed by atoms with Crippen LogP contribution in [0.15, 0.2) is 30.5 Å². The van der Waals surface area contributed by atoms with Gasteiger partial charge in [-0.3, -0.25) is 9.69 Å². The topological polar surface area (TPSA) is 65.2 Å². The number of nitrogens with zero attached hydrogens (tertiary/aromatic N) is 1. The number of fused-ring (bicyclic) bond motifs is 1. The quantitative estimate of drug-likeness (QED) is 0.836. The number of aromatic amines is 1. The first-order chi connectivity index (χ1) is 9.70. The molecule has 1 saturated heterocycles. The molecule has 0 bridgehead atoms. The molecule has 0 aliphatic carbocycles. The van der Waals surface area contributed by atoms with Gasteiger partial charge < -0.3 is 10.3 Å². The normalized spacial score (nSPS) is 18.9. The number of carbonyl (C=O) groups is 2. The molecule has 2 N–H and O–H groups in total. The van der Waals surface area contributed by atoms with Crippen molar-refractivity contribution >= 4 is 22.8 Å².